The Hall–Kier alpha value is -4.30. The van der Waals surface area contributed by atoms with Gasteiger partial charge in [0.05, 0.1) is 12.8 Å². The number of ether oxygens (including phenoxy) is 1. The monoisotopic (exact) mass is 482 g/mol. The van der Waals surface area contributed by atoms with Crippen LogP contribution in [0.2, 0.25) is 0 Å². The summed E-state index contributed by atoms with van der Waals surface area (Å²) >= 11 is 1.36. The molecule has 0 unspecified atom stereocenters. The number of nitrogens with zero attached hydrogens (tertiary/aromatic N) is 3. The van der Waals surface area contributed by atoms with Gasteiger partial charge in [-0.05, 0) is 62.4 Å². The van der Waals surface area contributed by atoms with Crippen LogP contribution >= 0.6 is 11.3 Å². The molecule has 0 spiro atoms. The van der Waals surface area contributed by atoms with Gasteiger partial charge in [0.2, 0.25) is 11.8 Å². The van der Waals surface area contributed by atoms with Crippen LogP contribution < -0.4 is 10.1 Å². The lowest BCUT2D eigenvalue weighted by Gasteiger charge is -2.07. The van der Waals surface area contributed by atoms with Gasteiger partial charge in [0, 0.05) is 27.6 Å². The average molecular weight is 483 g/mol. The predicted molar refractivity (Wildman–Crippen MR) is 137 cm³/mol. The minimum Gasteiger partial charge on any atom is -0.496 e. The molecular formula is C27H22N4O3S. The highest BCUT2D eigenvalue weighted by Gasteiger charge is 2.15. The standard InChI is InChI=1S/C27H22N4O3S/c1-16-5-4-6-20(13-16)26-31-30-25(34-26)19-10-8-18(9-11-19)24(32)29-27-28-22(15-35-27)21-14-17(2)7-12-23(21)33-3/h4-15H,1-3H3,(H,28,29,32). The first kappa shape index (κ1) is 22.5. The molecular weight excluding hydrogens is 460 g/mol. The van der Waals surface area contributed by atoms with Gasteiger partial charge in [-0.2, -0.15) is 0 Å². The summed E-state index contributed by atoms with van der Waals surface area (Å²) in [7, 11) is 1.63. The van der Waals surface area contributed by atoms with Crippen LogP contribution in [0.1, 0.15) is 21.5 Å². The summed E-state index contributed by atoms with van der Waals surface area (Å²) in [5.74, 6) is 1.33. The van der Waals surface area contributed by atoms with E-state index in [2.05, 4.69) is 20.5 Å². The fourth-order valence-corrected chi connectivity index (χ4v) is 4.35. The molecule has 0 aliphatic carbocycles. The first-order valence-electron chi connectivity index (χ1n) is 10.9. The molecule has 8 heteroatoms. The molecule has 0 saturated carbocycles. The maximum Gasteiger partial charge on any atom is 0.257 e. The van der Waals surface area contributed by atoms with E-state index in [4.69, 9.17) is 9.15 Å². The van der Waals surface area contributed by atoms with Crippen molar-refractivity contribution in [3.8, 4) is 39.9 Å². The molecule has 0 fully saturated rings. The van der Waals surface area contributed by atoms with Crippen molar-refractivity contribution in [2.45, 2.75) is 13.8 Å². The minimum atomic E-state index is -0.250. The SMILES string of the molecule is COc1ccc(C)cc1-c1csc(NC(=O)c2ccc(-c3nnc(-c4cccc(C)c4)o3)cc2)n1. The molecule has 0 bridgehead atoms. The summed E-state index contributed by atoms with van der Waals surface area (Å²) in [6.45, 7) is 4.02. The molecule has 5 rings (SSSR count). The predicted octanol–water partition coefficient (Wildman–Crippen LogP) is 6.40. The normalized spacial score (nSPS) is 10.8. The smallest absolute Gasteiger partial charge is 0.257 e. The zero-order valence-corrected chi connectivity index (χ0v) is 20.2. The number of anilines is 1. The summed E-state index contributed by atoms with van der Waals surface area (Å²) in [5, 5.41) is 13.6. The highest BCUT2D eigenvalue weighted by atomic mass is 32.1. The van der Waals surface area contributed by atoms with Gasteiger partial charge in [-0.1, -0.05) is 29.3 Å². The Morgan fingerprint density at radius 2 is 1.66 bits per heavy atom. The third-order valence-corrected chi connectivity index (χ3v) is 6.20. The topological polar surface area (TPSA) is 90.1 Å². The van der Waals surface area contributed by atoms with Crippen molar-refractivity contribution in [2.24, 2.45) is 0 Å². The number of nitrogens with one attached hydrogen (secondary N) is 1. The van der Waals surface area contributed by atoms with E-state index in [0.717, 1.165) is 39.3 Å². The number of amides is 1. The van der Waals surface area contributed by atoms with Crippen molar-refractivity contribution in [2.75, 3.05) is 12.4 Å². The van der Waals surface area contributed by atoms with E-state index < -0.39 is 0 Å². The molecule has 0 radical (unpaired) electrons. The van der Waals surface area contributed by atoms with Crippen molar-refractivity contribution in [3.05, 3.63) is 88.8 Å². The first-order valence-corrected chi connectivity index (χ1v) is 11.8. The van der Waals surface area contributed by atoms with Crippen molar-refractivity contribution in [1.29, 1.82) is 0 Å². The van der Waals surface area contributed by atoms with E-state index >= 15 is 0 Å². The molecule has 2 heterocycles. The Labute approximate surface area is 206 Å². The van der Waals surface area contributed by atoms with Crippen molar-refractivity contribution >= 4 is 22.4 Å². The van der Waals surface area contributed by atoms with Crippen LogP contribution in [-0.2, 0) is 0 Å². The molecule has 0 saturated heterocycles. The van der Waals surface area contributed by atoms with Crippen molar-refractivity contribution < 1.29 is 13.9 Å². The first-order chi connectivity index (χ1) is 17.0. The molecule has 5 aromatic rings. The number of benzene rings is 3. The number of methoxy groups -OCH3 is 1. The quantitative estimate of drug-likeness (QED) is 0.301. The molecule has 7 nitrogen and oxygen atoms in total. The number of aromatic nitrogens is 3. The highest BCUT2D eigenvalue weighted by Crippen LogP contribution is 2.33. The largest absolute Gasteiger partial charge is 0.496 e. The zero-order chi connectivity index (χ0) is 24.4. The summed E-state index contributed by atoms with van der Waals surface area (Å²) in [5.41, 5.74) is 5.95. The van der Waals surface area contributed by atoms with Crippen molar-refractivity contribution in [3.63, 3.8) is 0 Å². The molecule has 0 aliphatic rings. The maximum atomic E-state index is 12.8. The van der Waals surface area contributed by atoms with Gasteiger partial charge in [-0.25, -0.2) is 4.98 Å². The number of rotatable bonds is 6. The van der Waals surface area contributed by atoms with Gasteiger partial charge in [-0.15, -0.1) is 21.5 Å². The summed E-state index contributed by atoms with van der Waals surface area (Å²) in [6, 6.07) is 20.8. The van der Waals surface area contributed by atoms with Gasteiger partial charge in [0.1, 0.15) is 5.75 Å². The maximum absolute atomic E-state index is 12.8. The average Bonchev–Trinajstić information content (AvgIpc) is 3.54. The summed E-state index contributed by atoms with van der Waals surface area (Å²) in [4.78, 5) is 17.4. The van der Waals surface area contributed by atoms with E-state index in [1.54, 1.807) is 31.4 Å². The number of carbonyl (C=O) groups excluding carboxylic acids is 1. The number of aryl methyl sites for hydroxylation is 2. The third-order valence-electron chi connectivity index (χ3n) is 5.44. The van der Waals surface area contributed by atoms with Crippen LogP contribution in [0.5, 0.6) is 5.75 Å². The third kappa shape index (κ3) is 4.83. The fourth-order valence-electron chi connectivity index (χ4n) is 3.64. The molecule has 0 aliphatic heterocycles. The van der Waals surface area contributed by atoms with Gasteiger partial charge in [0.15, 0.2) is 5.13 Å². The van der Waals surface area contributed by atoms with E-state index in [-0.39, 0.29) is 5.91 Å². The van der Waals surface area contributed by atoms with Crippen LogP contribution in [0, 0.1) is 13.8 Å². The number of hydrogen-bond acceptors (Lipinski definition) is 7. The Morgan fingerprint density at radius 1 is 0.914 bits per heavy atom. The second-order valence-corrected chi connectivity index (χ2v) is 8.91. The zero-order valence-electron chi connectivity index (χ0n) is 19.4. The van der Waals surface area contributed by atoms with Gasteiger partial charge >= 0.3 is 0 Å². The molecule has 1 N–H and O–H groups in total. The molecule has 3 aromatic carbocycles. The molecule has 0 atom stereocenters. The number of hydrogen-bond donors (Lipinski definition) is 1. The lowest BCUT2D eigenvalue weighted by molar-refractivity contribution is 0.102. The molecule has 35 heavy (non-hydrogen) atoms. The Morgan fingerprint density at radius 3 is 2.40 bits per heavy atom. The van der Waals surface area contributed by atoms with E-state index in [9.17, 15) is 4.79 Å². The summed E-state index contributed by atoms with van der Waals surface area (Å²) in [6.07, 6.45) is 0. The van der Waals surface area contributed by atoms with E-state index in [0.29, 0.717) is 22.5 Å². The molecule has 174 valence electrons. The van der Waals surface area contributed by atoms with Crippen LogP contribution in [0.25, 0.3) is 34.2 Å². The van der Waals surface area contributed by atoms with E-state index in [1.165, 1.54) is 11.3 Å². The van der Waals surface area contributed by atoms with Crippen LogP contribution in [0.15, 0.2) is 76.5 Å². The van der Waals surface area contributed by atoms with E-state index in [1.807, 2.05) is 61.7 Å². The number of thiazole rings is 1. The number of carbonyl (C=O) groups is 1. The molecule has 1 amide bonds. The van der Waals surface area contributed by atoms with Crippen molar-refractivity contribution in [1.82, 2.24) is 15.2 Å². The second-order valence-electron chi connectivity index (χ2n) is 8.05. The van der Waals surface area contributed by atoms with Crippen LogP contribution in [0.3, 0.4) is 0 Å². The minimum absolute atomic E-state index is 0.250. The molecule has 2 aromatic heterocycles. The fraction of sp³-hybridized carbons (Fsp3) is 0.111. The van der Waals surface area contributed by atoms with Gasteiger partial charge < -0.3 is 9.15 Å². The highest BCUT2D eigenvalue weighted by molar-refractivity contribution is 7.14. The van der Waals surface area contributed by atoms with Crippen LogP contribution in [0.4, 0.5) is 5.13 Å². The van der Waals surface area contributed by atoms with Gasteiger partial charge in [-0.3, -0.25) is 10.1 Å². The van der Waals surface area contributed by atoms with Crippen LogP contribution in [-0.4, -0.2) is 28.2 Å². The Kier molecular flexibility index (Phi) is 6.12. The Bertz CT molecular complexity index is 1510. The lowest BCUT2D eigenvalue weighted by Crippen LogP contribution is -2.11. The second kappa shape index (κ2) is 9.52. The Balaban J connectivity index is 1.30. The lowest BCUT2D eigenvalue weighted by atomic mass is 10.1. The summed E-state index contributed by atoms with van der Waals surface area (Å²) < 4.78 is 11.3. The van der Waals surface area contributed by atoms with Gasteiger partial charge in [0.25, 0.3) is 5.91 Å².